The largest absolute Gasteiger partial charge is 0.368 e. The molecule has 0 aliphatic carbocycles. The van der Waals surface area contributed by atoms with Crippen molar-refractivity contribution in [2.45, 2.75) is 52.1 Å². The molecule has 2 aliphatic rings. The average molecular weight is 399 g/mol. The molecule has 0 bridgehead atoms. The molecule has 3 amide bonds. The van der Waals surface area contributed by atoms with Crippen LogP contribution in [0.25, 0.3) is 0 Å². The maximum Gasteiger partial charge on any atom is 0.267 e. The average Bonchev–Trinajstić information content (AvgIpc) is 3.14. The van der Waals surface area contributed by atoms with Crippen molar-refractivity contribution >= 4 is 29.1 Å². The van der Waals surface area contributed by atoms with Crippen LogP contribution in [0.5, 0.6) is 0 Å². The predicted molar refractivity (Wildman–Crippen MR) is 111 cm³/mol. The van der Waals surface area contributed by atoms with Crippen LogP contribution in [-0.4, -0.2) is 53.5 Å². The Morgan fingerprint density at radius 1 is 1.10 bits per heavy atom. The normalized spacial score (nSPS) is 20.4. The number of nitrogens with zero attached hydrogens (tertiary/aromatic N) is 3. The van der Waals surface area contributed by atoms with E-state index in [4.69, 9.17) is 5.73 Å². The number of amides is 3. The molecule has 29 heavy (non-hydrogen) atoms. The molecule has 1 saturated heterocycles. The molecule has 1 aromatic carbocycles. The van der Waals surface area contributed by atoms with Gasteiger partial charge in [-0.15, -0.1) is 0 Å². The van der Waals surface area contributed by atoms with E-state index >= 15 is 0 Å². The summed E-state index contributed by atoms with van der Waals surface area (Å²) in [5.41, 5.74) is 6.14. The first kappa shape index (κ1) is 20.8. The molecule has 8 nitrogen and oxygen atoms in total. The summed E-state index contributed by atoms with van der Waals surface area (Å²) in [5.74, 6) is -0.671. The highest BCUT2D eigenvalue weighted by molar-refractivity contribution is 6.40. The van der Waals surface area contributed by atoms with Crippen LogP contribution in [0.2, 0.25) is 0 Å². The Kier molecular flexibility index (Phi) is 5.91. The lowest BCUT2D eigenvalue weighted by molar-refractivity contribution is -0.140. The molecule has 0 radical (unpaired) electrons. The first-order chi connectivity index (χ1) is 13.7. The van der Waals surface area contributed by atoms with Crippen LogP contribution in [0.1, 0.15) is 40.0 Å². The smallest absolute Gasteiger partial charge is 0.267 e. The van der Waals surface area contributed by atoms with Crippen molar-refractivity contribution in [2.75, 3.05) is 18.1 Å². The van der Waals surface area contributed by atoms with E-state index in [-0.39, 0.29) is 24.3 Å². The van der Waals surface area contributed by atoms with Gasteiger partial charge in [0.25, 0.3) is 5.91 Å². The van der Waals surface area contributed by atoms with Gasteiger partial charge in [-0.2, -0.15) is 5.10 Å². The van der Waals surface area contributed by atoms with Gasteiger partial charge >= 0.3 is 0 Å². The van der Waals surface area contributed by atoms with Gasteiger partial charge in [-0.1, -0.05) is 39.0 Å². The van der Waals surface area contributed by atoms with Crippen LogP contribution in [0.4, 0.5) is 5.69 Å². The second kappa shape index (κ2) is 8.23. The third-order valence-electron chi connectivity index (χ3n) is 5.28. The number of hydrazone groups is 1. The number of carbonyl (C=O) groups is 3. The molecule has 3 rings (SSSR count). The molecule has 0 aromatic heterocycles. The van der Waals surface area contributed by atoms with Gasteiger partial charge in [0.05, 0.1) is 5.69 Å². The zero-order chi connectivity index (χ0) is 21.2. The number of nitrogens with two attached hydrogens (primary N) is 1. The Hall–Kier alpha value is -2.90. The fourth-order valence-electron chi connectivity index (χ4n) is 3.66. The number of rotatable bonds is 4. The lowest BCUT2D eigenvalue weighted by Gasteiger charge is -2.35. The van der Waals surface area contributed by atoms with Crippen molar-refractivity contribution in [3.05, 3.63) is 30.3 Å². The van der Waals surface area contributed by atoms with Crippen LogP contribution in [-0.2, 0) is 14.4 Å². The van der Waals surface area contributed by atoms with E-state index in [0.29, 0.717) is 37.3 Å². The predicted octanol–water partition coefficient (Wildman–Crippen LogP) is 1.26. The summed E-state index contributed by atoms with van der Waals surface area (Å²) in [6, 6.07) is 8.50. The van der Waals surface area contributed by atoms with Gasteiger partial charge in [-0.05, 0) is 25.0 Å². The number of nitrogens with one attached hydrogen (secondary N) is 1. The molecule has 0 saturated carbocycles. The summed E-state index contributed by atoms with van der Waals surface area (Å²) >= 11 is 0. The van der Waals surface area contributed by atoms with Crippen molar-refractivity contribution in [3.8, 4) is 0 Å². The number of benzene rings is 1. The Balaban J connectivity index is 1.61. The second-order valence-electron chi connectivity index (χ2n) is 8.64. The summed E-state index contributed by atoms with van der Waals surface area (Å²) in [6.45, 7) is 6.97. The maximum absolute atomic E-state index is 12.7. The first-order valence-electron chi connectivity index (χ1n) is 9.98. The fourth-order valence-corrected chi connectivity index (χ4v) is 3.66. The van der Waals surface area contributed by atoms with E-state index in [2.05, 4.69) is 10.4 Å². The minimum absolute atomic E-state index is 0.0213. The van der Waals surface area contributed by atoms with E-state index in [1.165, 1.54) is 5.01 Å². The van der Waals surface area contributed by atoms with E-state index in [1.807, 2.05) is 56.0 Å². The molecular formula is C21H29N5O3. The molecule has 8 heteroatoms. The molecule has 156 valence electrons. The molecule has 1 atom stereocenters. The third kappa shape index (κ3) is 4.75. The number of primary amides is 1. The van der Waals surface area contributed by atoms with E-state index in [1.54, 1.807) is 0 Å². The molecule has 2 heterocycles. The van der Waals surface area contributed by atoms with E-state index in [0.717, 1.165) is 0 Å². The van der Waals surface area contributed by atoms with Crippen LogP contribution in [0.15, 0.2) is 35.4 Å². The Bertz CT molecular complexity index is 807. The molecule has 3 N–H and O–H groups in total. The van der Waals surface area contributed by atoms with Gasteiger partial charge < -0.3 is 16.0 Å². The topological polar surface area (TPSA) is 108 Å². The molecule has 1 fully saturated rings. The number of hydrogen-bond acceptors (Lipinski definition) is 5. The minimum Gasteiger partial charge on any atom is -0.368 e. The lowest BCUT2D eigenvalue weighted by atomic mass is 9.93. The fraction of sp³-hybridized carbons (Fsp3) is 0.524. The molecule has 0 spiro atoms. The quantitative estimate of drug-likeness (QED) is 0.794. The zero-order valence-electron chi connectivity index (χ0n) is 17.2. The van der Waals surface area contributed by atoms with Crippen LogP contribution in [0, 0.1) is 5.41 Å². The summed E-state index contributed by atoms with van der Waals surface area (Å²) in [6.07, 6.45) is 1.57. The standard InChI is InChI=1S/C21H29N5O3/c1-21(2,3)20(29)25-11-9-14(10-12-25)23-19(28)16-13-17(18(22)27)26(24-16)15-7-5-4-6-8-15/h4-8,14,17H,9-13H2,1-3H3,(H2,22,27)(H,23,28). The number of carbonyl (C=O) groups excluding carboxylic acids is 3. The first-order valence-corrected chi connectivity index (χ1v) is 9.98. The van der Waals surface area contributed by atoms with Crippen LogP contribution < -0.4 is 16.1 Å². The third-order valence-corrected chi connectivity index (χ3v) is 5.28. The van der Waals surface area contributed by atoms with Gasteiger partial charge in [-0.25, -0.2) is 0 Å². The molecule has 1 aromatic rings. The van der Waals surface area contributed by atoms with Crippen molar-refractivity contribution in [1.82, 2.24) is 10.2 Å². The summed E-state index contributed by atoms with van der Waals surface area (Å²) in [5, 5.41) is 8.89. The van der Waals surface area contributed by atoms with Gasteiger partial charge in [0.1, 0.15) is 11.8 Å². The number of likely N-dealkylation sites (tertiary alicyclic amines) is 1. The molecular weight excluding hydrogens is 370 g/mol. The molecule has 1 unspecified atom stereocenters. The summed E-state index contributed by atoms with van der Waals surface area (Å²) in [7, 11) is 0. The molecule has 2 aliphatic heterocycles. The summed E-state index contributed by atoms with van der Waals surface area (Å²) in [4.78, 5) is 38.9. The van der Waals surface area contributed by atoms with E-state index < -0.39 is 17.4 Å². The van der Waals surface area contributed by atoms with Crippen LogP contribution in [0.3, 0.4) is 0 Å². The van der Waals surface area contributed by atoms with Crippen molar-refractivity contribution in [3.63, 3.8) is 0 Å². The van der Waals surface area contributed by atoms with Gasteiger partial charge in [-0.3, -0.25) is 19.4 Å². The van der Waals surface area contributed by atoms with Crippen molar-refractivity contribution < 1.29 is 14.4 Å². The Morgan fingerprint density at radius 3 is 2.28 bits per heavy atom. The van der Waals surface area contributed by atoms with Crippen molar-refractivity contribution in [1.29, 1.82) is 0 Å². The maximum atomic E-state index is 12.7. The second-order valence-corrected chi connectivity index (χ2v) is 8.64. The van der Waals surface area contributed by atoms with Gasteiger partial charge in [0.15, 0.2) is 0 Å². The highest BCUT2D eigenvalue weighted by Crippen LogP contribution is 2.25. The Labute approximate surface area is 171 Å². The van der Waals surface area contributed by atoms with Gasteiger partial charge in [0, 0.05) is 31.0 Å². The number of hydrogen-bond donors (Lipinski definition) is 2. The summed E-state index contributed by atoms with van der Waals surface area (Å²) < 4.78 is 0. The highest BCUT2D eigenvalue weighted by Gasteiger charge is 2.36. The number of para-hydroxylation sites is 1. The van der Waals surface area contributed by atoms with E-state index in [9.17, 15) is 14.4 Å². The SMILES string of the molecule is CC(C)(C)C(=O)N1CCC(NC(=O)C2=NN(c3ccccc3)C(C(N)=O)C2)CC1. The van der Waals surface area contributed by atoms with Crippen LogP contribution >= 0.6 is 0 Å². The monoisotopic (exact) mass is 399 g/mol. The minimum atomic E-state index is -0.676. The lowest BCUT2D eigenvalue weighted by Crippen LogP contribution is -2.50. The van der Waals surface area contributed by atoms with Crippen molar-refractivity contribution in [2.24, 2.45) is 16.3 Å². The Morgan fingerprint density at radius 2 is 1.72 bits per heavy atom. The number of anilines is 1. The zero-order valence-corrected chi connectivity index (χ0v) is 17.2. The van der Waals surface area contributed by atoms with Gasteiger partial charge in [0.2, 0.25) is 11.8 Å². The highest BCUT2D eigenvalue weighted by atomic mass is 16.2. The number of piperidine rings is 1.